The highest BCUT2D eigenvalue weighted by atomic mass is 16.6. The number of alkyl carbamates (subject to hydrolysis) is 1. The average Bonchev–Trinajstić information content (AvgIpc) is 2.55. The maximum Gasteiger partial charge on any atom is 0.412 e. The quantitative estimate of drug-likeness (QED) is 0.716. The molecule has 0 aromatic carbocycles. The predicted molar refractivity (Wildman–Crippen MR) is 54.7 cm³/mol. The van der Waals surface area contributed by atoms with E-state index in [-0.39, 0.29) is 5.92 Å². The molecule has 0 aromatic heterocycles. The largest absolute Gasteiger partial charge is 0.461 e. The van der Waals surface area contributed by atoms with Gasteiger partial charge in [-0.1, -0.05) is 13.0 Å². The summed E-state index contributed by atoms with van der Waals surface area (Å²) in [6, 6.07) is 0. The minimum Gasteiger partial charge on any atom is -0.461 e. The molecule has 2 aliphatic rings. The Morgan fingerprint density at radius 3 is 3.20 bits per heavy atom. The summed E-state index contributed by atoms with van der Waals surface area (Å²) in [6.07, 6.45) is 5.81. The summed E-state index contributed by atoms with van der Waals surface area (Å²) >= 11 is 0. The number of nitrogens with one attached hydrogen (secondary N) is 1. The van der Waals surface area contributed by atoms with E-state index in [0.717, 1.165) is 12.0 Å². The van der Waals surface area contributed by atoms with Crippen molar-refractivity contribution >= 4 is 6.09 Å². The Hall–Kier alpha value is -1.71. The van der Waals surface area contributed by atoms with Gasteiger partial charge in [-0.15, -0.1) is 0 Å². The topological polar surface area (TPSA) is 47.6 Å². The second-order valence-electron chi connectivity index (χ2n) is 3.58. The lowest BCUT2D eigenvalue weighted by atomic mass is 10.1. The highest BCUT2D eigenvalue weighted by Gasteiger charge is 2.31. The van der Waals surface area contributed by atoms with E-state index in [0.29, 0.717) is 11.5 Å². The lowest BCUT2D eigenvalue weighted by molar-refractivity contribution is 0.164. The van der Waals surface area contributed by atoms with E-state index in [1.54, 1.807) is 6.26 Å². The molecule has 0 fully saturated rings. The maximum atomic E-state index is 11.1. The van der Waals surface area contributed by atoms with Crippen molar-refractivity contribution < 1.29 is 14.3 Å². The Kier molecular flexibility index (Phi) is 2.49. The molecule has 15 heavy (non-hydrogen) atoms. The van der Waals surface area contributed by atoms with Gasteiger partial charge >= 0.3 is 6.09 Å². The normalized spacial score (nSPS) is 23.1. The summed E-state index contributed by atoms with van der Waals surface area (Å²) in [5, 5.41) is 2.42. The molecule has 1 aliphatic heterocycles. The smallest absolute Gasteiger partial charge is 0.412 e. The van der Waals surface area contributed by atoms with Crippen molar-refractivity contribution in [3.63, 3.8) is 0 Å². The standard InChI is InChI=1S/C11H13NO3/c1-7-6-8-4-3-5-14-10(8)9(7)15-11(13)12-2/h3-5,7H,6H2,1-2H3,(H,12,13). The zero-order valence-electron chi connectivity index (χ0n) is 8.74. The van der Waals surface area contributed by atoms with E-state index in [9.17, 15) is 4.79 Å². The maximum absolute atomic E-state index is 11.1. The summed E-state index contributed by atoms with van der Waals surface area (Å²) in [6.45, 7) is 2.01. The van der Waals surface area contributed by atoms with E-state index in [1.807, 2.05) is 19.1 Å². The molecule has 1 N–H and O–H groups in total. The Morgan fingerprint density at radius 1 is 1.67 bits per heavy atom. The summed E-state index contributed by atoms with van der Waals surface area (Å²) in [4.78, 5) is 11.1. The van der Waals surface area contributed by atoms with Crippen molar-refractivity contribution in [2.45, 2.75) is 13.3 Å². The van der Waals surface area contributed by atoms with Gasteiger partial charge in [-0.2, -0.15) is 0 Å². The van der Waals surface area contributed by atoms with Crippen LogP contribution in [0.15, 0.2) is 35.5 Å². The van der Waals surface area contributed by atoms with Gasteiger partial charge in [0, 0.05) is 13.0 Å². The molecule has 0 spiro atoms. The molecule has 0 saturated carbocycles. The molecule has 1 unspecified atom stereocenters. The van der Waals surface area contributed by atoms with Crippen LogP contribution in [0.4, 0.5) is 4.79 Å². The molecule has 1 amide bonds. The lowest BCUT2D eigenvalue weighted by Gasteiger charge is -2.11. The molecule has 0 saturated heterocycles. The van der Waals surface area contributed by atoms with Crippen LogP contribution < -0.4 is 5.32 Å². The van der Waals surface area contributed by atoms with Gasteiger partial charge in [-0.05, 0) is 18.1 Å². The van der Waals surface area contributed by atoms with Crippen molar-refractivity contribution in [2.75, 3.05) is 7.05 Å². The molecule has 0 radical (unpaired) electrons. The van der Waals surface area contributed by atoms with Crippen LogP contribution in [0.1, 0.15) is 13.3 Å². The van der Waals surface area contributed by atoms with Gasteiger partial charge in [-0.25, -0.2) is 4.79 Å². The Balaban J connectivity index is 2.24. The van der Waals surface area contributed by atoms with Crippen LogP contribution >= 0.6 is 0 Å². The minimum atomic E-state index is -0.455. The van der Waals surface area contributed by atoms with Crippen LogP contribution in [0, 0.1) is 5.92 Å². The number of hydrogen-bond donors (Lipinski definition) is 1. The highest BCUT2D eigenvalue weighted by Crippen LogP contribution is 2.38. The summed E-state index contributed by atoms with van der Waals surface area (Å²) in [7, 11) is 1.53. The van der Waals surface area contributed by atoms with Crippen LogP contribution in [0.3, 0.4) is 0 Å². The molecule has 80 valence electrons. The number of ether oxygens (including phenoxy) is 2. The van der Waals surface area contributed by atoms with Crippen molar-refractivity contribution in [1.29, 1.82) is 0 Å². The monoisotopic (exact) mass is 207 g/mol. The molecular formula is C11H13NO3. The Labute approximate surface area is 88.2 Å². The average molecular weight is 207 g/mol. The van der Waals surface area contributed by atoms with Crippen molar-refractivity contribution in [3.8, 4) is 0 Å². The lowest BCUT2D eigenvalue weighted by Crippen LogP contribution is -2.20. The van der Waals surface area contributed by atoms with E-state index in [4.69, 9.17) is 9.47 Å². The third-order valence-corrected chi connectivity index (χ3v) is 2.46. The first-order chi connectivity index (χ1) is 7.22. The first-order valence-corrected chi connectivity index (χ1v) is 4.89. The number of carbonyl (C=O) groups excluding carboxylic acids is 1. The van der Waals surface area contributed by atoms with E-state index >= 15 is 0 Å². The number of rotatable bonds is 1. The van der Waals surface area contributed by atoms with Crippen molar-refractivity contribution in [2.24, 2.45) is 5.92 Å². The zero-order valence-corrected chi connectivity index (χ0v) is 8.74. The fraction of sp³-hybridized carbons (Fsp3) is 0.364. The fourth-order valence-corrected chi connectivity index (χ4v) is 1.74. The second-order valence-corrected chi connectivity index (χ2v) is 3.58. The number of allylic oxidation sites excluding steroid dienone is 4. The van der Waals surface area contributed by atoms with Crippen molar-refractivity contribution in [3.05, 3.63) is 35.5 Å². The van der Waals surface area contributed by atoms with Crippen LogP contribution in [0.25, 0.3) is 0 Å². The van der Waals surface area contributed by atoms with Gasteiger partial charge in [-0.3, -0.25) is 0 Å². The van der Waals surface area contributed by atoms with Crippen LogP contribution in [-0.4, -0.2) is 13.1 Å². The molecule has 0 bridgehead atoms. The van der Waals surface area contributed by atoms with E-state index in [2.05, 4.69) is 5.32 Å². The Bertz CT molecular complexity index is 379. The van der Waals surface area contributed by atoms with Gasteiger partial charge in [0.25, 0.3) is 0 Å². The summed E-state index contributed by atoms with van der Waals surface area (Å²) in [5.41, 5.74) is 1.09. The zero-order chi connectivity index (χ0) is 10.8. The molecule has 1 heterocycles. The molecule has 4 nitrogen and oxygen atoms in total. The number of carbonyl (C=O) groups is 1. The fourth-order valence-electron chi connectivity index (χ4n) is 1.74. The summed E-state index contributed by atoms with van der Waals surface area (Å²) < 4.78 is 10.5. The molecule has 1 atom stereocenters. The third-order valence-electron chi connectivity index (χ3n) is 2.46. The second kappa shape index (κ2) is 3.81. The first-order valence-electron chi connectivity index (χ1n) is 4.89. The highest BCUT2D eigenvalue weighted by molar-refractivity contribution is 5.68. The predicted octanol–water partition coefficient (Wildman–Crippen LogP) is 2.06. The van der Waals surface area contributed by atoms with E-state index in [1.165, 1.54) is 7.05 Å². The van der Waals surface area contributed by atoms with Gasteiger partial charge in [0.1, 0.15) is 0 Å². The van der Waals surface area contributed by atoms with Crippen LogP contribution in [-0.2, 0) is 9.47 Å². The molecule has 4 heteroatoms. The molecule has 2 rings (SSSR count). The van der Waals surface area contributed by atoms with Crippen LogP contribution in [0.5, 0.6) is 0 Å². The molecule has 1 aliphatic carbocycles. The van der Waals surface area contributed by atoms with Gasteiger partial charge in [0.15, 0.2) is 11.5 Å². The number of amides is 1. The van der Waals surface area contributed by atoms with E-state index < -0.39 is 6.09 Å². The molecule has 0 aromatic rings. The third kappa shape index (κ3) is 1.75. The SMILES string of the molecule is CNC(=O)OC1=C2OC=CC=C2CC1C. The van der Waals surface area contributed by atoms with Gasteiger partial charge in [0.05, 0.1) is 6.26 Å². The van der Waals surface area contributed by atoms with Crippen LogP contribution in [0.2, 0.25) is 0 Å². The van der Waals surface area contributed by atoms with Gasteiger partial charge in [0.2, 0.25) is 0 Å². The molecular weight excluding hydrogens is 194 g/mol. The Morgan fingerprint density at radius 2 is 2.47 bits per heavy atom. The number of hydrogen-bond acceptors (Lipinski definition) is 3. The summed E-state index contributed by atoms with van der Waals surface area (Å²) in [5.74, 6) is 1.49. The number of fused-ring (bicyclic) bond motifs is 1. The minimum absolute atomic E-state index is 0.184. The van der Waals surface area contributed by atoms with Gasteiger partial charge < -0.3 is 14.8 Å². The first kappa shape index (κ1) is 9.83. The van der Waals surface area contributed by atoms with Crippen molar-refractivity contribution in [1.82, 2.24) is 5.32 Å².